The maximum Gasteiger partial charge on any atom is 0.262 e. The molecule has 1 atom stereocenters. The smallest absolute Gasteiger partial charge is 0.262 e. The molecule has 34 heavy (non-hydrogen) atoms. The van der Waals surface area contributed by atoms with Crippen molar-refractivity contribution in [1.82, 2.24) is 10.7 Å². The lowest BCUT2D eigenvalue weighted by atomic mass is 10.0. The molecule has 3 aromatic carbocycles. The lowest BCUT2D eigenvalue weighted by Crippen LogP contribution is -2.48. The molecular weight excluding hydrogens is 434 g/mol. The minimum atomic E-state index is -0.783. The van der Waals surface area contributed by atoms with Gasteiger partial charge in [0.15, 0.2) is 11.5 Å². The molecule has 8 heteroatoms. The molecule has 1 unspecified atom stereocenters. The van der Waals surface area contributed by atoms with E-state index in [1.807, 2.05) is 57.2 Å². The van der Waals surface area contributed by atoms with E-state index in [1.54, 1.807) is 24.4 Å². The molecule has 0 aliphatic carbocycles. The third-order valence-corrected chi connectivity index (χ3v) is 5.47. The molecule has 8 nitrogen and oxygen atoms in total. The van der Waals surface area contributed by atoms with Gasteiger partial charge in [-0.1, -0.05) is 44.2 Å². The first-order valence-electron chi connectivity index (χ1n) is 11.2. The van der Waals surface area contributed by atoms with Crippen molar-refractivity contribution in [2.75, 3.05) is 13.4 Å². The van der Waals surface area contributed by atoms with E-state index in [2.05, 4.69) is 15.8 Å². The van der Waals surface area contributed by atoms with Gasteiger partial charge in [-0.05, 0) is 47.9 Å². The number of nitrogens with zero attached hydrogens (tertiary/aromatic N) is 1. The van der Waals surface area contributed by atoms with Crippen molar-refractivity contribution in [1.29, 1.82) is 0 Å². The van der Waals surface area contributed by atoms with E-state index in [0.29, 0.717) is 29.4 Å². The lowest BCUT2D eigenvalue weighted by Gasteiger charge is -2.20. The molecule has 2 amide bonds. The molecule has 0 spiro atoms. The van der Waals surface area contributed by atoms with E-state index in [1.165, 1.54) is 0 Å². The van der Waals surface area contributed by atoms with Crippen LogP contribution in [0.1, 0.15) is 36.7 Å². The monoisotopic (exact) mass is 461 g/mol. The summed E-state index contributed by atoms with van der Waals surface area (Å²) in [5.41, 5.74) is 3.71. The molecule has 1 aliphatic rings. The molecular formula is C26H27N3O5. The Labute approximate surface area is 197 Å². The molecule has 4 rings (SSSR count). The van der Waals surface area contributed by atoms with Crippen molar-refractivity contribution in [3.05, 3.63) is 65.7 Å². The Bertz CT molecular complexity index is 1240. The Balaban J connectivity index is 1.48. The van der Waals surface area contributed by atoms with Crippen LogP contribution in [0.5, 0.6) is 17.2 Å². The standard InChI is InChI=1S/C26H27N3O5/c1-4-32-21-11-9-17-7-5-6-8-19(17)20(21)14-27-29-26(31)24(16(2)3)28-25(30)18-10-12-22-23(13-18)34-15-33-22/h5-14,16,24H,4,15H2,1-3H3,(H,28,30)(H,29,31). The fourth-order valence-electron chi connectivity index (χ4n) is 3.72. The largest absolute Gasteiger partial charge is 0.493 e. The van der Waals surface area contributed by atoms with Crippen molar-refractivity contribution in [3.63, 3.8) is 0 Å². The molecule has 1 heterocycles. The van der Waals surface area contributed by atoms with Crippen molar-refractivity contribution >= 4 is 28.8 Å². The van der Waals surface area contributed by atoms with Crippen molar-refractivity contribution in [2.24, 2.45) is 11.0 Å². The highest BCUT2D eigenvalue weighted by Crippen LogP contribution is 2.32. The second-order valence-electron chi connectivity index (χ2n) is 8.13. The highest BCUT2D eigenvalue weighted by molar-refractivity contribution is 6.03. The summed E-state index contributed by atoms with van der Waals surface area (Å²) in [6.45, 7) is 6.25. The third-order valence-electron chi connectivity index (χ3n) is 5.47. The summed E-state index contributed by atoms with van der Waals surface area (Å²) < 4.78 is 16.4. The number of nitrogens with one attached hydrogen (secondary N) is 2. The quantitative estimate of drug-likeness (QED) is 0.392. The van der Waals surface area contributed by atoms with Crippen LogP contribution in [0.25, 0.3) is 10.8 Å². The number of hydrogen-bond donors (Lipinski definition) is 2. The van der Waals surface area contributed by atoms with Crippen molar-refractivity contribution < 1.29 is 23.8 Å². The average Bonchev–Trinajstić information content (AvgIpc) is 3.31. The van der Waals surface area contributed by atoms with Gasteiger partial charge in [-0.25, -0.2) is 5.43 Å². The lowest BCUT2D eigenvalue weighted by molar-refractivity contribution is -0.123. The van der Waals surface area contributed by atoms with Gasteiger partial charge in [0.2, 0.25) is 6.79 Å². The first-order valence-corrected chi connectivity index (χ1v) is 11.2. The van der Waals surface area contributed by atoms with E-state index in [0.717, 1.165) is 16.3 Å². The maximum atomic E-state index is 12.9. The van der Waals surface area contributed by atoms with E-state index >= 15 is 0 Å². The van der Waals surface area contributed by atoms with Crippen molar-refractivity contribution in [3.8, 4) is 17.2 Å². The van der Waals surface area contributed by atoms with Crippen LogP contribution in [0.4, 0.5) is 0 Å². The summed E-state index contributed by atoms with van der Waals surface area (Å²) in [7, 11) is 0. The number of hydrazone groups is 1. The molecule has 0 saturated carbocycles. The van der Waals surface area contributed by atoms with Gasteiger partial charge in [0, 0.05) is 11.1 Å². The Morgan fingerprint density at radius 3 is 2.68 bits per heavy atom. The summed E-state index contributed by atoms with van der Waals surface area (Å²) in [5.74, 6) is 0.801. The number of amides is 2. The van der Waals surface area contributed by atoms with Crippen LogP contribution in [0, 0.1) is 5.92 Å². The highest BCUT2D eigenvalue weighted by atomic mass is 16.7. The zero-order chi connectivity index (χ0) is 24.1. The van der Waals surface area contributed by atoms with Gasteiger partial charge < -0.3 is 19.5 Å². The number of hydrogen-bond acceptors (Lipinski definition) is 6. The second-order valence-corrected chi connectivity index (χ2v) is 8.13. The van der Waals surface area contributed by atoms with Gasteiger partial charge in [0.05, 0.1) is 12.8 Å². The van der Waals surface area contributed by atoms with Gasteiger partial charge >= 0.3 is 0 Å². The van der Waals surface area contributed by atoms with Gasteiger partial charge in [-0.2, -0.15) is 5.10 Å². The number of carbonyl (C=O) groups is 2. The van der Waals surface area contributed by atoms with Gasteiger partial charge in [0.25, 0.3) is 11.8 Å². The van der Waals surface area contributed by atoms with Crippen LogP contribution >= 0.6 is 0 Å². The molecule has 0 radical (unpaired) electrons. The molecule has 3 aromatic rings. The van der Waals surface area contributed by atoms with Crippen molar-refractivity contribution in [2.45, 2.75) is 26.8 Å². The Morgan fingerprint density at radius 2 is 1.88 bits per heavy atom. The fourth-order valence-corrected chi connectivity index (χ4v) is 3.72. The van der Waals surface area contributed by atoms with Crippen LogP contribution in [0.2, 0.25) is 0 Å². The minimum Gasteiger partial charge on any atom is -0.493 e. The van der Waals surface area contributed by atoms with E-state index in [9.17, 15) is 9.59 Å². The topological polar surface area (TPSA) is 98.2 Å². The van der Waals surface area contributed by atoms with Crippen LogP contribution in [-0.4, -0.2) is 37.5 Å². The third kappa shape index (κ3) is 4.96. The summed E-state index contributed by atoms with van der Waals surface area (Å²) >= 11 is 0. The average molecular weight is 462 g/mol. The summed E-state index contributed by atoms with van der Waals surface area (Å²) in [4.78, 5) is 25.7. The summed E-state index contributed by atoms with van der Waals surface area (Å²) in [6.07, 6.45) is 1.57. The Kier molecular flexibility index (Phi) is 6.96. The SMILES string of the molecule is CCOc1ccc2ccccc2c1C=NNC(=O)C(NC(=O)c1ccc2c(c1)OCO2)C(C)C. The van der Waals surface area contributed by atoms with Crippen LogP contribution in [-0.2, 0) is 4.79 Å². The fraction of sp³-hybridized carbons (Fsp3) is 0.269. The summed E-state index contributed by atoms with van der Waals surface area (Å²) in [5, 5.41) is 8.96. The maximum absolute atomic E-state index is 12.9. The molecule has 1 aliphatic heterocycles. The number of benzene rings is 3. The van der Waals surface area contributed by atoms with Gasteiger partial charge in [-0.15, -0.1) is 0 Å². The highest BCUT2D eigenvalue weighted by Gasteiger charge is 2.25. The van der Waals surface area contributed by atoms with Crippen LogP contribution in [0.15, 0.2) is 59.7 Å². The molecule has 176 valence electrons. The van der Waals surface area contributed by atoms with Gasteiger partial charge in [0.1, 0.15) is 11.8 Å². The van der Waals surface area contributed by atoms with E-state index < -0.39 is 11.9 Å². The molecule has 0 fully saturated rings. The zero-order valence-electron chi connectivity index (χ0n) is 19.3. The zero-order valence-corrected chi connectivity index (χ0v) is 19.3. The normalized spacial score (nSPS) is 13.3. The summed E-state index contributed by atoms with van der Waals surface area (Å²) in [6, 6.07) is 15.9. The number of carbonyl (C=O) groups excluding carboxylic acids is 2. The predicted octanol–water partition coefficient (Wildman–Crippen LogP) is 3.87. The Morgan fingerprint density at radius 1 is 1.09 bits per heavy atom. The predicted molar refractivity (Wildman–Crippen MR) is 130 cm³/mol. The van der Waals surface area contributed by atoms with E-state index in [-0.39, 0.29) is 18.6 Å². The van der Waals surface area contributed by atoms with Crippen LogP contribution in [0.3, 0.4) is 0 Å². The molecule has 0 aromatic heterocycles. The Hall–Kier alpha value is -4.07. The van der Waals surface area contributed by atoms with Gasteiger partial charge in [-0.3, -0.25) is 9.59 Å². The number of fused-ring (bicyclic) bond motifs is 2. The van der Waals surface area contributed by atoms with E-state index in [4.69, 9.17) is 14.2 Å². The first-order chi connectivity index (χ1) is 16.5. The second kappa shape index (κ2) is 10.2. The molecule has 0 saturated heterocycles. The molecule has 0 bridgehead atoms. The minimum absolute atomic E-state index is 0.122. The molecule has 2 N–H and O–H groups in total. The number of ether oxygens (including phenoxy) is 3. The van der Waals surface area contributed by atoms with Crippen LogP contribution < -0.4 is 25.0 Å². The number of rotatable bonds is 8. The first kappa shape index (κ1) is 23.1.